The third-order valence-corrected chi connectivity index (χ3v) is 3.01. The molecule has 20 heavy (non-hydrogen) atoms. The summed E-state index contributed by atoms with van der Waals surface area (Å²) in [5, 5.41) is 21.3. The lowest BCUT2D eigenvalue weighted by Gasteiger charge is -2.21. The van der Waals surface area contributed by atoms with Crippen molar-refractivity contribution in [2.75, 3.05) is 6.61 Å². The summed E-state index contributed by atoms with van der Waals surface area (Å²) < 4.78 is 0. The van der Waals surface area contributed by atoms with E-state index in [0.29, 0.717) is 12.1 Å². The topological polar surface area (TPSA) is 95.3 Å². The van der Waals surface area contributed by atoms with Crippen LogP contribution in [-0.4, -0.2) is 44.8 Å². The van der Waals surface area contributed by atoms with E-state index < -0.39 is 18.8 Å². The van der Waals surface area contributed by atoms with Crippen LogP contribution in [0, 0.1) is 0 Å². The average molecular weight is 281 g/mol. The lowest BCUT2D eigenvalue weighted by molar-refractivity contribution is -0.120. The van der Waals surface area contributed by atoms with Gasteiger partial charge in [-0.05, 0) is 12.8 Å². The molecule has 0 spiro atoms. The summed E-state index contributed by atoms with van der Waals surface area (Å²) in [4.78, 5) is 19.7. The maximum absolute atomic E-state index is 11.1. The highest BCUT2D eigenvalue weighted by atomic mass is 16.3. The zero-order valence-corrected chi connectivity index (χ0v) is 12.0. The van der Waals surface area contributed by atoms with Gasteiger partial charge in [-0.15, -0.1) is 0 Å². The van der Waals surface area contributed by atoms with Gasteiger partial charge in [0.15, 0.2) is 0 Å². The first kappa shape index (κ1) is 16.5. The van der Waals surface area contributed by atoms with E-state index in [1.165, 1.54) is 6.92 Å². The van der Waals surface area contributed by atoms with Crippen molar-refractivity contribution < 1.29 is 15.0 Å². The number of hydrogen-bond donors (Lipinski definition) is 3. The lowest BCUT2D eigenvalue weighted by Crippen LogP contribution is -2.45. The first-order valence-corrected chi connectivity index (χ1v) is 6.92. The Balaban J connectivity index is 2.65. The van der Waals surface area contributed by atoms with Gasteiger partial charge >= 0.3 is 0 Å². The van der Waals surface area contributed by atoms with E-state index in [9.17, 15) is 9.90 Å². The molecule has 2 atom stereocenters. The molecule has 6 heteroatoms. The Kier molecular flexibility index (Phi) is 7.11. The van der Waals surface area contributed by atoms with Crippen LogP contribution >= 0.6 is 0 Å². The van der Waals surface area contributed by atoms with Crippen LogP contribution in [0.25, 0.3) is 0 Å². The van der Waals surface area contributed by atoms with Gasteiger partial charge in [0, 0.05) is 25.7 Å². The van der Waals surface area contributed by atoms with Crippen molar-refractivity contribution in [2.24, 2.45) is 0 Å². The summed E-state index contributed by atoms with van der Waals surface area (Å²) >= 11 is 0. The van der Waals surface area contributed by atoms with E-state index >= 15 is 0 Å². The van der Waals surface area contributed by atoms with Gasteiger partial charge in [-0.2, -0.15) is 0 Å². The number of aliphatic hydroxyl groups is 2. The first-order chi connectivity index (χ1) is 9.56. The molecule has 0 aromatic carbocycles. The van der Waals surface area contributed by atoms with Gasteiger partial charge in [-0.1, -0.05) is 13.3 Å². The Bertz CT molecular complexity index is 409. The minimum atomic E-state index is -1.01. The fraction of sp³-hybridized carbons (Fsp3) is 0.643. The number of rotatable bonds is 8. The smallest absolute Gasteiger partial charge is 0.217 e. The summed E-state index contributed by atoms with van der Waals surface area (Å²) in [5.41, 5.74) is 1.62. The summed E-state index contributed by atoms with van der Waals surface area (Å²) in [7, 11) is 0. The van der Waals surface area contributed by atoms with Crippen LogP contribution in [0.5, 0.6) is 0 Å². The quantitative estimate of drug-likeness (QED) is 0.633. The highest BCUT2D eigenvalue weighted by Crippen LogP contribution is 2.06. The third-order valence-electron chi connectivity index (χ3n) is 3.01. The second kappa shape index (κ2) is 8.60. The highest BCUT2D eigenvalue weighted by Gasteiger charge is 2.20. The number of aryl methyl sites for hydroxylation is 1. The molecule has 1 amide bonds. The molecule has 0 aliphatic heterocycles. The fourth-order valence-electron chi connectivity index (χ4n) is 1.87. The molecule has 0 bridgehead atoms. The first-order valence-electron chi connectivity index (χ1n) is 6.92. The van der Waals surface area contributed by atoms with Crippen molar-refractivity contribution in [3.63, 3.8) is 0 Å². The molecular weight excluding hydrogens is 258 g/mol. The average Bonchev–Trinajstić information content (AvgIpc) is 2.44. The summed E-state index contributed by atoms with van der Waals surface area (Å²) in [5.74, 6) is -0.255. The van der Waals surface area contributed by atoms with Crippen LogP contribution in [0.4, 0.5) is 0 Å². The van der Waals surface area contributed by atoms with Crippen molar-refractivity contribution in [2.45, 2.75) is 51.7 Å². The zero-order chi connectivity index (χ0) is 15.0. The van der Waals surface area contributed by atoms with Crippen LogP contribution in [0.2, 0.25) is 0 Å². The Morgan fingerprint density at radius 2 is 2.00 bits per heavy atom. The minimum Gasteiger partial charge on any atom is -0.394 e. The highest BCUT2D eigenvalue weighted by molar-refractivity contribution is 5.73. The van der Waals surface area contributed by atoms with Crippen LogP contribution in [0.3, 0.4) is 0 Å². The summed E-state index contributed by atoms with van der Waals surface area (Å²) in [6.45, 7) is 3.08. The van der Waals surface area contributed by atoms with E-state index in [0.717, 1.165) is 25.0 Å². The molecule has 3 N–H and O–H groups in total. The molecule has 1 aromatic heterocycles. The van der Waals surface area contributed by atoms with Crippen molar-refractivity contribution in [3.8, 4) is 0 Å². The Hall–Kier alpha value is -1.53. The fourth-order valence-corrected chi connectivity index (χ4v) is 1.87. The predicted molar refractivity (Wildman–Crippen MR) is 75.0 cm³/mol. The van der Waals surface area contributed by atoms with Crippen molar-refractivity contribution in [1.29, 1.82) is 0 Å². The van der Waals surface area contributed by atoms with Crippen molar-refractivity contribution in [1.82, 2.24) is 15.3 Å². The monoisotopic (exact) mass is 281 g/mol. The van der Waals surface area contributed by atoms with E-state index in [1.807, 2.05) is 0 Å². The number of nitrogens with one attached hydrogen (secondary N) is 1. The summed E-state index contributed by atoms with van der Waals surface area (Å²) in [6.07, 6.45) is 5.79. The maximum Gasteiger partial charge on any atom is 0.217 e. The number of nitrogens with zero attached hydrogens (tertiary/aromatic N) is 2. The molecule has 0 saturated carbocycles. The van der Waals surface area contributed by atoms with Gasteiger partial charge in [0.2, 0.25) is 5.91 Å². The molecule has 0 fully saturated rings. The second-order valence-corrected chi connectivity index (χ2v) is 4.86. The Morgan fingerprint density at radius 3 is 2.50 bits per heavy atom. The minimum absolute atomic E-state index is 0.255. The van der Waals surface area contributed by atoms with Crippen LogP contribution in [0.1, 0.15) is 38.1 Å². The number of amides is 1. The van der Waals surface area contributed by atoms with Crippen LogP contribution < -0.4 is 5.32 Å². The molecule has 112 valence electrons. The number of carbonyl (C=O) groups excluding carboxylic acids is 1. The van der Waals surface area contributed by atoms with E-state index in [-0.39, 0.29) is 5.91 Å². The zero-order valence-electron chi connectivity index (χ0n) is 12.0. The van der Waals surface area contributed by atoms with Gasteiger partial charge in [0.25, 0.3) is 0 Å². The molecular formula is C14H23N3O3. The molecule has 1 heterocycles. The maximum atomic E-state index is 11.1. The van der Waals surface area contributed by atoms with Gasteiger partial charge in [0.1, 0.15) is 0 Å². The normalized spacial score (nSPS) is 13.8. The van der Waals surface area contributed by atoms with E-state index in [1.54, 1.807) is 12.4 Å². The lowest BCUT2D eigenvalue weighted by atomic mass is 10.1. The van der Waals surface area contributed by atoms with E-state index in [2.05, 4.69) is 22.2 Å². The Morgan fingerprint density at radius 1 is 1.35 bits per heavy atom. The van der Waals surface area contributed by atoms with Gasteiger partial charge in [-0.25, -0.2) is 0 Å². The molecule has 0 radical (unpaired) electrons. The molecule has 0 aliphatic rings. The van der Waals surface area contributed by atoms with Crippen molar-refractivity contribution >= 4 is 5.91 Å². The van der Waals surface area contributed by atoms with Gasteiger partial charge < -0.3 is 15.5 Å². The predicted octanol–water partition coefficient (Wildman–Crippen LogP) is 0.220. The van der Waals surface area contributed by atoms with Gasteiger partial charge in [-0.3, -0.25) is 14.8 Å². The van der Waals surface area contributed by atoms with Crippen LogP contribution in [0.15, 0.2) is 12.4 Å². The number of aromatic nitrogens is 2. The van der Waals surface area contributed by atoms with Crippen LogP contribution in [-0.2, 0) is 17.6 Å². The number of hydrogen-bond acceptors (Lipinski definition) is 5. The molecule has 0 unspecified atom stereocenters. The van der Waals surface area contributed by atoms with Gasteiger partial charge in [0.05, 0.1) is 30.1 Å². The molecule has 1 rings (SSSR count). The third kappa shape index (κ3) is 5.63. The SMILES string of the molecule is CCCCc1cnc(C[C@@H](NC(C)=O)[C@H](O)CO)cn1. The Labute approximate surface area is 119 Å². The number of unbranched alkanes of at least 4 members (excludes halogenated alkanes) is 1. The standard InChI is InChI=1S/C14H23N3O3/c1-3-4-5-11-7-16-12(8-15-11)6-13(14(20)9-18)17-10(2)19/h7-8,13-14,18,20H,3-6,9H2,1-2H3,(H,17,19)/t13-,14-/m1/s1. The van der Waals surface area contributed by atoms with Crippen molar-refractivity contribution in [3.05, 3.63) is 23.8 Å². The number of aliphatic hydroxyl groups excluding tert-OH is 2. The molecule has 1 aromatic rings. The molecule has 0 saturated heterocycles. The largest absolute Gasteiger partial charge is 0.394 e. The number of carbonyl (C=O) groups is 1. The molecule has 6 nitrogen and oxygen atoms in total. The van der Waals surface area contributed by atoms with E-state index in [4.69, 9.17) is 5.11 Å². The summed E-state index contributed by atoms with van der Waals surface area (Å²) in [6, 6.07) is -0.562. The molecule has 0 aliphatic carbocycles. The second-order valence-electron chi connectivity index (χ2n) is 4.86.